The van der Waals surface area contributed by atoms with Crippen LogP contribution in [0.4, 0.5) is 4.39 Å². The maximum absolute atomic E-state index is 13.3. The Morgan fingerprint density at radius 1 is 1.24 bits per heavy atom. The van der Waals surface area contributed by atoms with Crippen molar-refractivity contribution in [2.75, 3.05) is 14.1 Å². The van der Waals surface area contributed by atoms with Crippen LogP contribution in [0.2, 0.25) is 0 Å². The molecule has 0 saturated carbocycles. The summed E-state index contributed by atoms with van der Waals surface area (Å²) in [7, 11) is 3.68. The fourth-order valence-corrected chi connectivity index (χ4v) is 3.68. The first kappa shape index (κ1) is 17.8. The van der Waals surface area contributed by atoms with E-state index in [1.807, 2.05) is 20.2 Å². The third-order valence-electron chi connectivity index (χ3n) is 3.52. The van der Waals surface area contributed by atoms with Gasteiger partial charge in [-0.25, -0.2) is 9.37 Å². The van der Waals surface area contributed by atoms with Gasteiger partial charge < -0.3 is 4.90 Å². The number of pyridine rings is 1. The Labute approximate surface area is 161 Å². The highest BCUT2D eigenvalue weighted by Crippen LogP contribution is 2.30. The van der Waals surface area contributed by atoms with Crippen molar-refractivity contribution in [1.29, 1.82) is 0 Å². The van der Waals surface area contributed by atoms with Gasteiger partial charge in [0, 0.05) is 42.6 Å². The molecule has 7 heteroatoms. The molecule has 3 rings (SSSR count). The molecule has 0 aliphatic rings. The third-order valence-corrected chi connectivity index (χ3v) is 4.53. The Bertz CT molecular complexity index is 978. The quantitative estimate of drug-likeness (QED) is 0.404. The number of allylic oxidation sites excluding steroid dienone is 1. The number of carbonyl (C=O) groups is 1. The molecule has 128 valence electrons. The number of halogens is 3. The van der Waals surface area contributed by atoms with Crippen molar-refractivity contribution in [3.05, 3.63) is 69.3 Å². The summed E-state index contributed by atoms with van der Waals surface area (Å²) in [5.74, 6) is -0.526. The molecule has 4 nitrogen and oxygen atoms in total. The lowest BCUT2D eigenvalue weighted by molar-refractivity contribution is 0.104. The van der Waals surface area contributed by atoms with Crippen LogP contribution in [-0.4, -0.2) is 34.2 Å². The molecule has 0 N–H and O–H groups in total. The molecule has 0 bridgehead atoms. The van der Waals surface area contributed by atoms with Crippen molar-refractivity contribution in [3.63, 3.8) is 0 Å². The molecule has 0 unspecified atom stereocenters. The van der Waals surface area contributed by atoms with Crippen LogP contribution in [0.5, 0.6) is 0 Å². The fourth-order valence-electron chi connectivity index (χ4n) is 2.41. The molecular weight excluding hydrogens is 453 g/mol. The second-order valence-corrected chi connectivity index (χ2v) is 7.43. The maximum Gasteiger partial charge on any atom is 0.206 e. The highest BCUT2D eigenvalue weighted by atomic mass is 79.9. The Kier molecular flexibility index (Phi) is 5.06. The lowest BCUT2D eigenvalue weighted by atomic mass is 10.1. The first-order valence-electron chi connectivity index (χ1n) is 7.39. The second kappa shape index (κ2) is 7.09. The number of hydrogen-bond acceptors (Lipinski definition) is 3. The molecule has 0 fully saturated rings. The summed E-state index contributed by atoms with van der Waals surface area (Å²) < 4.78 is 16.6. The summed E-state index contributed by atoms with van der Waals surface area (Å²) >= 11 is 6.92. The zero-order valence-corrected chi connectivity index (χ0v) is 16.7. The summed E-state index contributed by atoms with van der Waals surface area (Å²) in [5.41, 5.74) is 2.22. The lowest BCUT2D eigenvalue weighted by Crippen LogP contribution is -2.06. The summed E-state index contributed by atoms with van der Waals surface area (Å²) in [4.78, 5) is 19.2. The number of fused-ring (bicyclic) bond motifs is 1. The number of imidazole rings is 1. The van der Waals surface area contributed by atoms with Crippen LogP contribution in [0.15, 0.2) is 57.8 Å². The first-order chi connectivity index (χ1) is 11.9. The summed E-state index contributed by atoms with van der Waals surface area (Å²) in [6.07, 6.45) is 4.96. The van der Waals surface area contributed by atoms with Gasteiger partial charge in [0.25, 0.3) is 0 Å². The fraction of sp³-hybridized carbons (Fsp3) is 0.111. The molecule has 0 aliphatic heterocycles. The second-order valence-electron chi connectivity index (χ2n) is 5.66. The lowest BCUT2D eigenvalue weighted by Gasteiger charge is -2.05. The van der Waals surface area contributed by atoms with E-state index in [2.05, 4.69) is 36.8 Å². The number of nitrogens with zero attached hydrogens (tertiary/aromatic N) is 3. The average molecular weight is 467 g/mol. The molecule has 0 aliphatic carbocycles. The van der Waals surface area contributed by atoms with Crippen molar-refractivity contribution in [2.45, 2.75) is 0 Å². The molecule has 2 aromatic heterocycles. The minimum atomic E-state index is -0.336. The van der Waals surface area contributed by atoms with Crippen molar-refractivity contribution in [3.8, 4) is 11.3 Å². The Balaban J connectivity index is 2.28. The third kappa shape index (κ3) is 3.67. The monoisotopic (exact) mass is 465 g/mol. The predicted molar refractivity (Wildman–Crippen MR) is 103 cm³/mol. The van der Waals surface area contributed by atoms with E-state index in [-0.39, 0.29) is 11.6 Å². The van der Waals surface area contributed by atoms with Crippen LogP contribution in [0, 0.1) is 5.82 Å². The molecule has 3 aromatic rings. The van der Waals surface area contributed by atoms with Crippen LogP contribution in [0.3, 0.4) is 0 Å². The Morgan fingerprint density at radius 3 is 2.56 bits per heavy atom. The largest absolute Gasteiger partial charge is 0.383 e. The highest BCUT2D eigenvalue weighted by molar-refractivity contribution is 9.11. The number of carbonyl (C=O) groups excluding carboxylic acids is 1. The molecular formula is C18H14Br2FN3O. The van der Waals surface area contributed by atoms with Gasteiger partial charge in [-0.2, -0.15) is 0 Å². The van der Waals surface area contributed by atoms with Gasteiger partial charge in [0.15, 0.2) is 5.65 Å². The summed E-state index contributed by atoms with van der Waals surface area (Å²) in [5, 5.41) is 0. The Morgan fingerprint density at radius 2 is 1.92 bits per heavy atom. The van der Waals surface area contributed by atoms with Crippen LogP contribution < -0.4 is 0 Å². The van der Waals surface area contributed by atoms with Crippen LogP contribution >= 0.6 is 31.9 Å². The van der Waals surface area contributed by atoms with Gasteiger partial charge in [0.1, 0.15) is 17.2 Å². The topological polar surface area (TPSA) is 37.6 Å². The molecule has 0 radical (unpaired) electrons. The van der Waals surface area contributed by atoms with Crippen molar-refractivity contribution >= 4 is 43.3 Å². The molecule has 0 saturated heterocycles. The van der Waals surface area contributed by atoms with Crippen molar-refractivity contribution < 1.29 is 9.18 Å². The van der Waals surface area contributed by atoms with E-state index in [4.69, 9.17) is 0 Å². The van der Waals surface area contributed by atoms with Gasteiger partial charge in [-0.1, -0.05) is 0 Å². The molecule has 0 amide bonds. The highest BCUT2D eigenvalue weighted by Gasteiger charge is 2.21. The van der Waals surface area contributed by atoms with E-state index in [0.717, 1.165) is 8.95 Å². The van der Waals surface area contributed by atoms with Gasteiger partial charge in [-0.3, -0.25) is 9.20 Å². The van der Waals surface area contributed by atoms with Crippen LogP contribution in [0.1, 0.15) is 10.5 Å². The molecule has 0 atom stereocenters. The van der Waals surface area contributed by atoms with E-state index in [9.17, 15) is 9.18 Å². The minimum Gasteiger partial charge on any atom is -0.383 e. The molecule has 25 heavy (non-hydrogen) atoms. The standard InChI is InChI=1S/C18H14Br2FN3O/c1-23(2)8-7-15(25)17-16(11-3-5-13(21)6-4-11)22-18-14(20)9-12(19)10-24(17)18/h3-10H,1-2H3. The zero-order valence-electron chi connectivity index (χ0n) is 13.5. The number of ketones is 1. The van der Waals surface area contributed by atoms with E-state index in [0.29, 0.717) is 22.6 Å². The number of benzene rings is 1. The van der Waals surface area contributed by atoms with Gasteiger partial charge in [-0.05, 0) is 62.2 Å². The normalized spacial score (nSPS) is 11.4. The van der Waals surface area contributed by atoms with E-state index in [1.54, 1.807) is 33.8 Å². The number of aromatic nitrogens is 2. The van der Waals surface area contributed by atoms with Crippen LogP contribution in [-0.2, 0) is 0 Å². The summed E-state index contributed by atoms with van der Waals surface area (Å²) in [6, 6.07) is 7.81. The molecule has 0 spiro atoms. The van der Waals surface area contributed by atoms with E-state index >= 15 is 0 Å². The van der Waals surface area contributed by atoms with Crippen molar-refractivity contribution in [2.24, 2.45) is 0 Å². The number of rotatable bonds is 4. The molecule has 2 heterocycles. The SMILES string of the molecule is CN(C)C=CC(=O)c1c(-c2ccc(F)cc2)nc2c(Br)cc(Br)cn12. The maximum atomic E-state index is 13.3. The summed E-state index contributed by atoms with van der Waals surface area (Å²) in [6.45, 7) is 0. The first-order valence-corrected chi connectivity index (χ1v) is 8.97. The van der Waals surface area contributed by atoms with Gasteiger partial charge in [0.2, 0.25) is 5.78 Å². The molecule has 1 aromatic carbocycles. The van der Waals surface area contributed by atoms with E-state index < -0.39 is 0 Å². The van der Waals surface area contributed by atoms with Crippen LogP contribution in [0.25, 0.3) is 16.9 Å². The Hall–Kier alpha value is -1.99. The van der Waals surface area contributed by atoms with E-state index in [1.165, 1.54) is 18.2 Å². The smallest absolute Gasteiger partial charge is 0.206 e. The van der Waals surface area contributed by atoms with Gasteiger partial charge in [-0.15, -0.1) is 0 Å². The predicted octanol–water partition coefficient (Wildman–Crippen LogP) is 4.92. The van der Waals surface area contributed by atoms with Gasteiger partial charge >= 0.3 is 0 Å². The zero-order chi connectivity index (χ0) is 18.1. The minimum absolute atomic E-state index is 0.189. The van der Waals surface area contributed by atoms with Gasteiger partial charge in [0.05, 0.1) is 4.47 Å². The van der Waals surface area contributed by atoms with Crippen molar-refractivity contribution in [1.82, 2.24) is 14.3 Å². The average Bonchev–Trinajstić information content (AvgIpc) is 2.93. The number of hydrogen-bond donors (Lipinski definition) is 0.